The van der Waals surface area contributed by atoms with Gasteiger partial charge in [0.15, 0.2) is 0 Å². The highest BCUT2D eigenvalue weighted by atomic mass is 32.1. The summed E-state index contributed by atoms with van der Waals surface area (Å²) < 4.78 is 0. The number of rotatable bonds is 5. The third-order valence-corrected chi connectivity index (χ3v) is 3.83. The van der Waals surface area contributed by atoms with E-state index in [-0.39, 0.29) is 0 Å². The van der Waals surface area contributed by atoms with Crippen molar-refractivity contribution < 1.29 is 9.90 Å². The van der Waals surface area contributed by atoms with Gasteiger partial charge >= 0.3 is 5.97 Å². The first-order valence-corrected chi connectivity index (χ1v) is 6.92. The van der Waals surface area contributed by atoms with Crippen LogP contribution in [0.4, 0.5) is 0 Å². The zero-order valence-corrected chi connectivity index (χ0v) is 11.9. The van der Waals surface area contributed by atoms with Gasteiger partial charge in [0.2, 0.25) is 0 Å². The van der Waals surface area contributed by atoms with Crippen molar-refractivity contribution in [1.82, 2.24) is 4.90 Å². The van der Waals surface area contributed by atoms with Crippen LogP contribution in [0.3, 0.4) is 0 Å². The van der Waals surface area contributed by atoms with Crippen LogP contribution in [0.1, 0.15) is 25.7 Å². The molecule has 0 atom stereocenters. The number of carbonyl (C=O) groups is 1. The predicted octanol–water partition coefficient (Wildman–Crippen LogP) is 3.39. The lowest BCUT2D eigenvalue weighted by Gasteiger charge is -2.15. The molecule has 0 fully saturated rings. The highest BCUT2D eigenvalue weighted by Gasteiger charge is 2.06. The number of aromatic carboxylic acids is 1. The summed E-state index contributed by atoms with van der Waals surface area (Å²) in [5.41, 5.74) is 1.37. The van der Waals surface area contributed by atoms with Gasteiger partial charge in [-0.05, 0) is 43.8 Å². The summed E-state index contributed by atoms with van der Waals surface area (Å²) >= 11 is 1.80. The quantitative estimate of drug-likeness (QED) is 0.909. The molecule has 2 rings (SSSR count). The van der Waals surface area contributed by atoms with E-state index in [0.29, 0.717) is 5.56 Å². The van der Waals surface area contributed by atoms with Crippen LogP contribution < -0.4 is 0 Å². The van der Waals surface area contributed by atoms with Crippen LogP contribution >= 0.6 is 11.3 Å². The Bertz CT molecular complexity index is 577. The van der Waals surface area contributed by atoms with E-state index in [9.17, 15) is 4.79 Å². The first-order valence-electron chi connectivity index (χ1n) is 6.10. The summed E-state index contributed by atoms with van der Waals surface area (Å²) in [5.74, 6) is -0.876. The maximum Gasteiger partial charge on any atom is 0.335 e. The van der Waals surface area contributed by atoms with Crippen molar-refractivity contribution in [3.05, 3.63) is 57.3 Å². The molecule has 2 aromatic rings. The summed E-state index contributed by atoms with van der Waals surface area (Å²) in [6.07, 6.45) is 0. The number of carboxylic acids is 1. The monoisotopic (exact) mass is 275 g/mol. The molecule has 0 aliphatic heterocycles. The van der Waals surface area contributed by atoms with Crippen LogP contribution in [0.2, 0.25) is 0 Å². The van der Waals surface area contributed by atoms with E-state index in [1.165, 1.54) is 9.75 Å². The lowest BCUT2D eigenvalue weighted by atomic mass is 10.1. The van der Waals surface area contributed by atoms with Gasteiger partial charge in [-0.1, -0.05) is 12.1 Å². The number of hydrogen-bond donors (Lipinski definition) is 1. The average molecular weight is 275 g/mol. The number of benzene rings is 1. The third-order valence-electron chi connectivity index (χ3n) is 2.85. The maximum atomic E-state index is 10.9. The van der Waals surface area contributed by atoms with E-state index in [2.05, 4.69) is 24.0 Å². The smallest absolute Gasteiger partial charge is 0.335 e. The van der Waals surface area contributed by atoms with Crippen LogP contribution in [-0.4, -0.2) is 23.0 Å². The van der Waals surface area contributed by atoms with Gasteiger partial charge in [0, 0.05) is 22.8 Å². The van der Waals surface area contributed by atoms with Gasteiger partial charge in [0.05, 0.1) is 5.56 Å². The second kappa shape index (κ2) is 5.99. The van der Waals surface area contributed by atoms with Crippen LogP contribution in [-0.2, 0) is 13.1 Å². The van der Waals surface area contributed by atoms with Gasteiger partial charge in [0.1, 0.15) is 0 Å². The molecular weight excluding hydrogens is 258 g/mol. The summed E-state index contributed by atoms with van der Waals surface area (Å²) in [6, 6.07) is 11.4. The van der Waals surface area contributed by atoms with Gasteiger partial charge in [-0.3, -0.25) is 4.90 Å². The molecular formula is C15H17NO2S. The molecule has 0 unspecified atom stereocenters. The van der Waals surface area contributed by atoms with Crippen LogP contribution in [0, 0.1) is 6.92 Å². The predicted molar refractivity (Wildman–Crippen MR) is 77.6 cm³/mol. The highest BCUT2D eigenvalue weighted by molar-refractivity contribution is 7.11. The minimum Gasteiger partial charge on any atom is -0.478 e. The Labute approximate surface area is 117 Å². The first kappa shape index (κ1) is 13.8. The van der Waals surface area contributed by atoms with Gasteiger partial charge in [-0.25, -0.2) is 4.79 Å². The van der Waals surface area contributed by atoms with Crippen molar-refractivity contribution in [2.75, 3.05) is 7.05 Å². The van der Waals surface area contributed by atoms with Crippen molar-refractivity contribution in [2.24, 2.45) is 0 Å². The minimum atomic E-state index is -0.876. The second-order valence-corrected chi connectivity index (χ2v) is 6.06. The molecule has 1 aromatic heterocycles. The van der Waals surface area contributed by atoms with Gasteiger partial charge < -0.3 is 5.11 Å². The Morgan fingerprint density at radius 3 is 2.68 bits per heavy atom. The standard InChI is InChI=1S/C15H17NO2S/c1-11-6-7-14(19-11)10-16(2)9-12-4-3-5-13(8-12)15(17)18/h3-8H,9-10H2,1-2H3,(H,17,18). The number of aryl methyl sites for hydroxylation is 1. The molecule has 0 saturated carbocycles. The van der Waals surface area contributed by atoms with E-state index in [1.54, 1.807) is 29.5 Å². The number of hydrogen-bond acceptors (Lipinski definition) is 3. The summed E-state index contributed by atoms with van der Waals surface area (Å²) in [6.45, 7) is 3.73. The van der Waals surface area contributed by atoms with Crippen LogP contribution in [0.5, 0.6) is 0 Å². The fraction of sp³-hybridized carbons (Fsp3) is 0.267. The lowest BCUT2D eigenvalue weighted by molar-refractivity contribution is 0.0696. The van der Waals surface area contributed by atoms with E-state index in [0.717, 1.165) is 18.7 Å². The van der Waals surface area contributed by atoms with Gasteiger partial charge in [0.25, 0.3) is 0 Å². The van der Waals surface area contributed by atoms with E-state index in [1.807, 2.05) is 13.1 Å². The molecule has 1 N–H and O–H groups in total. The lowest BCUT2D eigenvalue weighted by Crippen LogP contribution is -2.16. The molecule has 0 saturated heterocycles. The van der Waals surface area contributed by atoms with Crippen molar-refractivity contribution in [1.29, 1.82) is 0 Å². The Balaban J connectivity index is 2.00. The molecule has 0 radical (unpaired) electrons. The molecule has 19 heavy (non-hydrogen) atoms. The van der Waals surface area contributed by atoms with E-state index >= 15 is 0 Å². The number of thiophene rings is 1. The van der Waals surface area contributed by atoms with Crippen LogP contribution in [0.15, 0.2) is 36.4 Å². The molecule has 4 heteroatoms. The van der Waals surface area contributed by atoms with E-state index < -0.39 is 5.97 Å². The topological polar surface area (TPSA) is 40.5 Å². The molecule has 3 nitrogen and oxygen atoms in total. The Morgan fingerprint density at radius 1 is 1.26 bits per heavy atom. The zero-order valence-electron chi connectivity index (χ0n) is 11.1. The summed E-state index contributed by atoms with van der Waals surface area (Å²) in [7, 11) is 2.04. The number of carboxylic acid groups (broad SMARTS) is 1. The molecule has 0 amide bonds. The fourth-order valence-corrected chi connectivity index (χ4v) is 2.98. The summed E-state index contributed by atoms with van der Waals surface area (Å²) in [5, 5.41) is 8.97. The maximum absolute atomic E-state index is 10.9. The van der Waals surface area contributed by atoms with Crippen molar-refractivity contribution in [3.8, 4) is 0 Å². The molecule has 1 aromatic carbocycles. The minimum absolute atomic E-state index is 0.345. The molecule has 0 spiro atoms. The number of nitrogens with zero attached hydrogens (tertiary/aromatic N) is 1. The largest absolute Gasteiger partial charge is 0.478 e. The molecule has 100 valence electrons. The van der Waals surface area contributed by atoms with E-state index in [4.69, 9.17) is 5.11 Å². The molecule has 0 aliphatic carbocycles. The third kappa shape index (κ3) is 3.91. The first-order chi connectivity index (χ1) is 9.04. The Morgan fingerprint density at radius 2 is 2.05 bits per heavy atom. The van der Waals surface area contributed by atoms with Gasteiger partial charge in [-0.15, -0.1) is 11.3 Å². The van der Waals surface area contributed by atoms with Crippen LogP contribution in [0.25, 0.3) is 0 Å². The second-order valence-electron chi connectivity index (χ2n) is 4.69. The van der Waals surface area contributed by atoms with Crippen molar-refractivity contribution in [2.45, 2.75) is 20.0 Å². The average Bonchev–Trinajstić information content (AvgIpc) is 2.74. The van der Waals surface area contributed by atoms with Crippen molar-refractivity contribution >= 4 is 17.3 Å². The Hall–Kier alpha value is -1.65. The fourth-order valence-electron chi connectivity index (χ4n) is 2.01. The molecule has 0 bridgehead atoms. The van der Waals surface area contributed by atoms with Crippen molar-refractivity contribution in [3.63, 3.8) is 0 Å². The normalized spacial score (nSPS) is 10.9. The molecule has 1 heterocycles. The summed E-state index contributed by atoms with van der Waals surface area (Å²) in [4.78, 5) is 15.8. The SMILES string of the molecule is Cc1ccc(CN(C)Cc2cccc(C(=O)O)c2)s1. The molecule has 0 aliphatic rings. The Kier molecular flexibility index (Phi) is 4.35. The van der Waals surface area contributed by atoms with Gasteiger partial charge in [-0.2, -0.15) is 0 Å². The zero-order chi connectivity index (χ0) is 13.8. The highest BCUT2D eigenvalue weighted by Crippen LogP contribution is 2.17.